The zero-order valence-corrected chi connectivity index (χ0v) is 13.2. The third-order valence-corrected chi connectivity index (χ3v) is 3.70. The molecule has 0 atom stereocenters. The van der Waals surface area contributed by atoms with Crippen molar-refractivity contribution in [1.82, 2.24) is 0 Å². The lowest BCUT2D eigenvalue weighted by Gasteiger charge is -2.22. The molecule has 0 heterocycles. The van der Waals surface area contributed by atoms with Crippen molar-refractivity contribution in [3.63, 3.8) is 0 Å². The molecule has 6 heteroatoms. The van der Waals surface area contributed by atoms with E-state index in [2.05, 4.69) is 5.16 Å². The number of hydrogen-bond donors (Lipinski definition) is 2. The van der Waals surface area contributed by atoms with Gasteiger partial charge in [0.2, 0.25) is 0 Å². The molecule has 0 unspecified atom stereocenters. The Hall–Kier alpha value is -1.13. The maximum absolute atomic E-state index is 8.69. The van der Waals surface area contributed by atoms with E-state index in [4.69, 9.17) is 38.9 Å². The van der Waals surface area contributed by atoms with E-state index in [9.17, 15) is 0 Å². The quantitative estimate of drug-likeness (QED) is 0.259. The van der Waals surface area contributed by atoms with E-state index in [-0.39, 0.29) is 11.3 Å². The van der Waals surface area contributed by atoms with Crippen LogP contribution in [0.25, 0.3) is 0 Å². The molecule has 0 amide bonds. The molecule has 0 saturated heterocycles. The maximum Gasteiger partial charge on any atom is 0.144 e. The lowest BCUT2D eigenvalue weighted by Crippen LogP contribution is -2.31. The van der Waals surface area contributed by atoms with Crippen molar-refractivity contribution in [2.24, 2.45) is 16.3 Å². The van der Waals surface area contributed by atoms with Gasteiger partial charge in [-0.1, -0.05) is 42.2 Å². The fraction of sp³-hybridized carbons (Fsp3) is 0.500. The Morgan fingerprint density at radius 3 is 2.70 bits per heavy atom. The van der Waals surface area contributed by atoms with Gasteiger partial charge in [-0.3, -0.25) is 0 Å². The van der Waals surface area contributed by atoms with Crippen LogP contribution in [-0.2, 0) is 0 Å². The van der Waals surface area contributed by atoms with Crippen molar-refractivity contribution in [3.8, 4) is 5.75 Å². The van der Waals surface area contributed by atoms with Gasteiger partial charge in [-0.15, -0.1) is 0 Å². The van der Waals surface area contributed by atoms with Gasteiger partial charge in [0.1, 0.15) is 11.6 Å². The molecule has 0 aliphatic heterocycles. The van der Waals surface area contributed by atoms with Crippen molar-refractivity contribution >= 4 is 29.0 Å². The number of nitrogens with two attached hydrogens (primary N) is 1. The molecule has 112 valence electrons. The smallest absolute Gasteiger partial charge is 0.144 e. The normalized spacial score (nSPS) is 12.5. The first-order valence-corrected chi connectivity index (χ1v) is 7.18. The van der Waals surface area contributed by atoms with Crippen LogP contribution in [0.4, 0.5) is 0 Å². The van der Waals surface area contributed by atoms with Gasteiger partial charge >= 0.3 is 0 Å². The van der Waals surface area contributed by atoms with Gasteiger partial charge in [-0.2, -0.15) is 0 Å². The predicted octanol–water partition coefficient (Wildman–Crippen LogP) is 4.32. The van der Waals surface area contributed by atoms with E-state index >= 15 is 0 Å². The number of hydrogen-bond acceptors (Lipinski definition) is 3. The molecule has 1 rings (SSSR count). The second-order valence-corrected chi connectivity index (χ2v) is 6.09. The molecule has 0 bridgehead atoms. The van der Waals surface area contributed by atoms with Crippen molar-refractivity contribution in [1.29, 1.82) is 0 Å². The first kappa shape index (κ1) is 16.9. The topological polar surface area (TPSA) is 67.8 Å². The van der Waals surface area contributed by atoms with Crippen molar-refractivity contribution in [2.45, 2.75) is 33.1 Å². The highest BCUT2D eigenvalue weighted by atomic mass is 35.5. The highest BCUT2D eigenvalue weighted by molar-refractivity contribution is 6.34. The van der Waals surface area contributed by atoms with E-state index < -0.39 is 0 Å². The summed E-state index contributed by atoms with van der Waals surface area (Å²) >= 11 is 11.9. The molecule has 4 nitrogen and oxygen atoms in total. The van der Waals surface area contributed by atoms with Crippen LogP contribution in [-0.4, -0.2) is 17.6 Å². The number of halogens is 2. The number of amidine groups is 1. The van der Waals surface area contributed by atoms with E-state index in [1.165, 1.54) is 0 Å². The summed E-state index contributed by atoms with van der Waals surface area (Å²) in [6.45, 7) is 4.43. The number of ether oxygens (including phenoxy) is 1. The lowest BCUT2D eigenvalue weighted by atomic mass is 9.86. The number of rotatable bonds is 7. The number of unbranched alkanes of at least 4 members (excludes halogenated alkanes) is 1. The molecule has 3 N–H and O–H groups in total. The monoisotopic (exact) mass is 318 g/mol. The molecular weight excluding hydrogens is 299 g/mol. The summed E-state index contributed by atoms with van der Waals surface area (Å²) in [5.74, 6) is 0.839. The van der Waals surface area contributed by atoms with Crippen LogP contribution in [0.3, 0.4) is 0 Å². The molecule has 0 aromatic heterocycles. The van der Waals surface area contributed by atoms with Crippen LogP contribution in [0.1, 0.15) is 33.1 Å². The maximum atomic E-state index is 8.69. The SMILES string of the molecule is CC(C)(CCCCOc1cc(Cl)ccc1Cl)/C(N)=N/O. The van der Waals surface area contributed by atoms with Crippen LogP contribution >= 0.6 is 23.2 Å². The Labute approximate surface area is 129 Å². The van der Waals surface area contributed by atoms with Gasteiger partial charge < -0.3 is 15.7 Å². The summed E-state index contributed by atoms with van der Waals surface area (Å²) in [5, 5.41) is 12.9. The van der Waals surface area contributed by atoms with Crippen LogP contribution in [0, 0.1) is 5.41 Å². The molecule has 0 saturated carbocycles. The van der Waals surface area contributed by atoms with Gasteiger partial charge in [0.15, 0.2) is 0 Å². The Bertz CT molecular complexity index is 476. The van der Waals surface area contributed by atoms with E-state index in [0.717, 1.165) is 19.3 Å². The largest absolute Gasteiger partial charge is 0.492 e. The fourth-order valence-electron chi connectivity index (χ4n) is 1.70. The average molecular weight is 319 g/mol. The first-order valence-electron chi connectivity index (χ1n) is 6.42. The second kappa shape index (κ2) is 7.60. The molecule has 0 aliphatic rings. The fourth-order valence-corrected chi connectivity index (χ4v) is 2.04. The van der Waals surface area contributed by atoms with Gasteiger partial charge in [0.05, 0.1) is 11.6 Å². The summed E-state index contributed by atoms with van der Waals surface area (Å²) in [6, 6.07) is 5.13. The van der Waals surface area contributed by atoms with Crippen LogP contribution in [0.5, 0.6) is 5.75 Å². The molecule has 1 aromatic carbocycles. The molecule has 0 aliphatic carbocycles. The van der Waals surface area contributed by atoms with E-state index in [0.29, 0.717) is 22.4 Å². The summed E-state index contributed by atoms with van der Waals surface area (Å²) in [5.41, 5.74) is 5.31. The third kappa shape index (κ3) is 5.10. The Morgan fingerprint density at radius 2 is 2.05 bits per heavy atom. The number of nitrogens with zero attached hydrogens (tertiary/aromatic N) is 1. The van der Waals surface area contributed by atoms with Crippen LogP contribution in [0.2, 0.25) is 10.0 Å². The Balaban J connectivity index is 2.34. The summed E-state index contributed by atoms with van der Waals surface area (Å²) in [6.07, 6.45) is 2.57. The average Bonchev–Trinajstić information content (AvgIpc) is 2.41. The van der Waals surface area contributed by atoms with E-state index in [1.54, 1.807) is 18.2 Å². The molecule has 20 heavy (non-hydrogen) atoms. The minimum absolute atomic E-state index is 0.247. The Morgan fingerprint density at radius 1 is 1.35 bits per heavy atom. The van der Waals surface area contributed by atoms with Crippen molar-refractivity contribution in [3.05, 3.63) is 28.2 Å². The van der Waals surface area contributed by atoms with Gasteiger partial charge in [-0.05, 0) is 31.4 Å². The van der Waals surface area contributed by atoms with Gasteiger partial charge in [-0.25, -0.2) is 0 Å². The molecule has 0 radical (unpaired) electrons. The highest BCUT2D eigenvalue weighted by Gasteiger charge is 2.22. The minimum atomic E-state index is -0.317. The highest BCUT2D eigenvalue weighted by Crippen LogP contribution is 2.28. The molecule has 1 aromatic rings. The third-order valence-electron chi connectivity index (χ3n) is 3.15. The summed E-state index contributed by atoms with van der Waals surface area (Å²) in [7, 11) is 0. The summed E-state index contributed by atoms with van der Waals surface area (Å²) < 4.78 is 5.59. The number of oxime groups is 1. The first-order chi connectivity index (χ1) is 9.36. The van der Waals surface area contributed by atoms with Crippen LogP contribution in [0.15, 0.2) is 23.4 Å². The zero-order chi connectivity index (χ0) is 15.2. The van der Waals surface area contributed by atoms with Crippen LogP contribution < -0.4 is 10.5 Å². The minimum Gasteiger partial charge on any atom is -0.492 e. The summed E-state index contributed by atoms with van der Waals surface area (Å²) in [4.78, 5) is 0. The standard InChI is InChI=1S/C14H20Cl2N2O2/c1-14(2,13(17)18-19)7-3-4-8-20-12-9-10(15)5-6-11(12)16/h5-6,9,19H,3-4,7-8H2,1-2H3,(H2,17,18). The molecular formula is C14H20Cl2N2O2. The molecule has 0 fully saturated rings. The van der Waals surface area contributed by atoms with Crippen molar-refractivity contribution in [2.75, 3.05) is 6.61 Å². The van der Waals surface area contributed by atoms with Gasteiger partial charge in [0, 0.05) is 16.5 Å². The zero-order valence-electron chi connectivity index (χ0n) is 11.7. The lowest BCUT2D eigenvalue weighted by molar-refractivity contribution is 0.288. The second-order valence-electron chi connectivity index (χ2n) is 5.25. The Kier molecular flexibility index (Phi) is 6.43. The predicted molar refractivity (Wildman–Crippen MR) is 83.0 cm³/mol. The molecule has 0 spiro atoms. The number of benzene rings is 1. The van der Waals surface area contributed by atoms with E-state index in [1.807, 2.05) is 13.8 Å². The van der Waals surface area contributed by atoms with Gasteiger partial charge in [0.25, 0.3) is 0 Å². The van der Waals surface area contributed by atoms with Crippen molar-refractivity contribution < 1.29 is 9.94 Å².